The number of hydrogen-bond acceptors (Lipinski definition) is 4. The zero-order valence-electron chi connectivity index (χ0n) is 11.4. The van der Waals surface area contributed by atoms with Crippen molar-refractivity contribution in [1.82, 2.24) is 10.3 Å². The van der Waals surface area contributed by atoms with Gasteiger partial charge in [-0.3, -0.25) is 0 Å². The molecule has 0 radical (unpaired) electrons. The minimum atomic E-state index is 0.637. The molecule has 0 unspecified atom stereocenters. The fourth-order valence-corrected chi connectivity index (χ4v) is 2.47. The Hall–Kier alpha value is -2.38. The third kappa shape index (κ3) is 2.63. The Labute approximate surface area is 118 Å². The van der Waals surface area contributed by atoms with E-state index in [9.17, 15) is 0 Å². The van der Waals surface area contributed by atoms with Crippen LogP contribution in [0, 0.1) is 18.3 Å². The first-order valence-electron chi connectivity index (χ1n) is 6.68. The Morgan fingerprint density at radius 3 is 2.95 bits per heavy atom. The van der Waals surface area contributed by atoms with Crippen molar-refractivity contribution >= 4 is 5.82 Å². The van der Waals surface area contributed by atoms with E-state index < -0.39 is 0 Å². The van der Waals surface area contributed by atoms with Gasteiger partial charge in [0.15, 0.2) is 0 Å². The number of nitriles is 1. The number of hydrogen-bond donors (Lipinski definition) is 2. The quantitative estimate of drug-likeness (QED) is 0.894. The maximum atomic E-state index is 8.97. The van der Waals surface area contributed by atoms with Crippen molar-refractivity contribution in [2.75, 3.05) is 5.32 Å². The van der Waals surface area contributed by atoms with E-state index in [0.29, 0.717) is 12.1 Å². The smallest absolute Gasteiger partial charge is 0.127 e. The average Bonchev–Trinajstić information content (AvgIpc) is 2.92. The van der Waals surface area contributed by atoms with Crippen molar-refractivity contribution in [2.45, 2.75) is 26.6 Å². The van der Waals surface area contributed by atoms with Crippen molar-refractivity contribution in [2.24, 2.45) is 0 Å². The molecule has 0 aliphatic carbocycles. The highest BCUT2D eigenvalue weighted by Gasteiger charge is 2.09. The maximum absolute atomic E-state index is 8.97. The van der Waals surface area contributed by atoms with Gasteiger partial charge in [-0.15, -0.1) is 0 Å². The zero-order valence-corrected chi connectivity index (χ0v) is 11.4. The van der Waals surface area contributed by atoms with Gasteiger partial charge in [-0.25, -0.2) is 4.98 Å². The van der Waals surface area contributed by atoms with E-state index in [-0.39, 0.29) is 0 Å². The number of benzene rings is 1. The topological polar surface area (TPSA) is 60.7 Å². The largest absolute Gasteiger partial charge is 0.366 e. The standard InChI is InChI=1S/C16H16N4/c1-11-4-13(7-17)6-16(20-11)19-8-12-2-3-14-9-18-10-15(14)5-12/h2-6,18H,8-10H2,1H3,(H,19,20). The SMILES string of the molecule is Cc1cc(C#N)cc(NCc2ccc3c(c2)CNC3)n1. The Balaban J connectivity index is 1.73. The zero-order chi connectivity index (χ0) is 13.9. The number of nitrogens with zero attached hydrogens (tertiary/aromatic N) is 2. The molecule has 1 aromatic heterocycles. The molecule has 0 saturated carbocycles. The molecule has 0 saturated heterocycles. The van der Waals surface area contributed by atoms with E-state index in [1.165, 1.54) is 16.7 Å². The molecule has 1 aromatic carbocycles. The summed E-state index contributed by atoms with van der Waals surface area (Å²) >= 11 is 0. The molecule has 0 fully saturated rings. The van der Waals surface area contributed by atoms with E-state index >= 15 is 0 Å². The van der Waals surface area contributed by atoms with Crippen molar-refractivity contribution in [3.63, 3.8) is 0 Å². The summed E-state index contributed by atoms with van der Waals surface area (Å²) < 4.78 is 0. The molecule has 0 bridgehead atoms. The molecular formula is C16H16N4. The molecule has 4 nitrogen and oxygen atoms in total. The van der Waals surface area contributed by atoms with Gasteiger partial charge in [0.05, 0.1) is 11.6 Å². The second-order valence-corrected chi connectivity index (χ2v) is 5.05. The van der Waals surface area contributed by atoms with Gasteiger partial charge in [0.1, 0.15) is 5.82 Å². The summed E-state index contributed by atoms with van der Waals surface area (Å²) in [5.74, 6) is 0.750. The third-order valence-electron chi connectivity index (χ3n) is 3.46. The molecule has 0 spiro atoms. The number of nitrogens with one attached hydrogen (secondary N) is 2. The number of anilines is 1. The van der Waals surface area contributed by atoms with Gasteiger partial charge in [-0.05, 0) is 35.7 Å². The number of fused-ring (bicyclic) bond motifs is 1. The first kappa shape index (κ1) is 12.6. The van der Waals surface area contributed by atoms with E-state index in [4.69, 9.17) is 5.26 Å². The van der Waals surface area contributed by atoms with Crippen molar-refractivity contribution < 1.29 is 0 Å². The van der Waals surface area contributed by atoms with Crippen LogP contribution < -0.4 is 10.6 Å². The van der Waals surface area contributed by atoms with Crippen LogP contribution in [-0.4, -0.2) is 4.98 Å². The first-order chi connectivity index (χ1) is 9.74. The Kier molecular flexibility index (Phi) is 3.36. The van der Waals surface area contributed by atoms with Crippen molar-refractivity contribution in [3.05, 3.63) is 58.3 Å². The number of pyridine rings is 1. The number of aromatic nitrogens is 1. The highest BCUT2D eigenvalue weighted by Crippen LogP contribution is 2.18. The van der Waals surface area contributed by atoms with Crippen LogP contribution >= 0.6 is 0 Å². The first-order valence-corrected chi connectivity index (χ1v) is 6.68. The Morgan fingerprint density at radius 1 is 1.25 bits per heavy atom. The van der Waals surface area contributed by atoms with Crippen LogP contribution in [0.15, 0.2) is 30.3 Å². The average molecular weight is 264 g/mol. The van der Waals surface area contributed by atoms with Gasteiger partial charge in [0.2, 0.25) is 0 Å². The third-order valence-corrected chi connectivity index (χ3v) is 3.46. The molecule has 100 valence electrons. The van der Waals surface area contributed by atoms with Gasteiger partial charge >= 0.3 is 0 Å². The predicted molar refractivity (Wildman–Crippen MR) is 78.0 cm³/mol. The number of rotatable bonds is 3. The second kappa shape index (κ2) is 5.32. The summed E-state index contributed by atoms with van der Waals surface area (Å²) in [6, 6.07) is 12.3. The van der Waals surface area contributed by atoms with Crippen molar-refractivity contribution in [1.29, 1.82) is 5.26 Å². The minimum Gasteiger partial charge on any atom is -0.366 e. The van der Waals surface area contributed by atoms with Crippen LogP contribution in [0.2, 0.25) is 0 Å². The van der Waals surface area contributed by atoms with Gasteiger partial charge in [0, 0.05) is 25.3 Å². The van der Waals surface area contributed by atoms with Gasteiger partial charge < -0.3 is 10.6 Å². The summed E-state index contributed by atoms with van der Waals surface area (Å²) in [6.45, 7) is 4.53. The normalized spacial score (nSPS) is 12.8. The molecule has 2 N–H and O–H groups in total. The van der Waals surface area contributed by atoms with E-state index in [1.54, 1.807) is 12.1 Å². The lowest BCUT2D eigenvalue weighted by atomic mass is 10.1. The lowest BCUT2D eigenvalue weighted by molar-refractivity contribution is 0.764. The van der Waals surface area contributed by atoms with E-state index in [1.807, 2.05) is 6.92 Å². The molecule has 0 amide bonds. The van der Waals surface area contributed by atoms with E-state index in [2.05, 4.69) is 39.9 Å². The molecule has 4 heteroatoms. The molecule has 1 aliphatic rings. The molecule has 2 aromatic rings. The summed E-state index contributed by atoms with van der Waals surface area (Å²) in [6.07, 6.45) is 0. The van der Waals surface area contributed by atoms with Crippen LogP contribution in [0.3, 0.4) is 0 Å². The van der Waals surface area contributed by atoms with Gasteiger partial charge in [0.25, 0.3) is 0 Å². The molecular weight excluding hydrogens is 248 g/mol. The molecule has 20 heavy (non-hydrogen) atoms. The molecule has 2 heterocycles. The van der Waals surface area contributed by atoms with E-state index in [0.717, 1.165) is 24.6 Å². The second-order valence-electron chi connectivity index (χ2n) is 5.05. The predicted octanol–water partition coefficient (Wildman–Crippen LogP) is 2.48. The van der Waals surface area contributed by atoms with Crippen LogP contribution in [0.5, 0.6) is 0 Å². The number of aryl methyl sites for hydroxylation is 1. The summed E-state index contributed by atoms with van der Waals surface area (Å²) in [5.41, 5.74) is 5.48. The summed E-state index contributed by atoms with van der Waals surface area (Å²) in [5, 5.41) is 15.6. The van der Waals surface area contributed by atoms with Crippen LogP contribution in [0.25, 0.3) is 0 Å². The summed E-state index contributed by atoms with van der Waals surface area (Å²) in [7, 11) is 0. The van der Waals surface area contributed by atoms with Crippen LogP contribution in [0.1, 0.15) is 27.9 Å². The van der Waals surface area contributed by atoms with Crippen molar-refractivity contribution in [3.8, 4) is 6.07 Å². The molecule has 0 atom stereocenters. The van der Waals surface area contributed by atoms with Gasteiger partial charge in [-0.2, -0.15) is 5.26 Å². The fourth-order valence-electron chi connectivity index (χ4n) is 2.47. The molecule has 1 aliphatic heterocycles. The monoisotopic (exact) mass is 264 g/mol. The lowest BCUT2D eigenvalue weighted by Gasteiger charge is -2.08. The highest BCUT2D eigenvalue weighted by molar-refractivity contribution is 5.45. The highest BCUT2D eigenvalue weighted by atomic mass is 15.0. The van der Waals surface area contributed by atoms with Crippen LogP contribution in [-0.2, 0) is 19.6 Å². The lowest BCUT2D eigenvalue weighted by Crippen LogP contribution is -2.03. The van der Waals surface area contributed by atoms with Gasteiger partial charge in [-0.1, -0.05) is 18.2 Å². The summed E-state index contributed by atoms with van der Waals surface area (Å²) in [4.78, 5) is 4.39. The van der Waals surface area contributed by atoms with Crippen LogP contribution in [0.4, 0.5) is 5.82 Å². The fraction of sp³-hybridized carbons (Fsp3) is 0.250. The minimum absolute atomic E-state index is 0.637. The Bertz CT molecular complexity index is 685. The molecule has 3 rings (SSSR count). The maximum Gasteiger partial charge on any atom is 0.127 e. The Morgan fingerprint density at radius 2 is 2.10 bits per heavy atom.